The third-order valence-corrected chi connectivity index (χ3v) is 1.44. The van der Waals surface area contributed by atoms with E-state index in [1.165, 1.54) is 0 Å². The van der Waals surface area contributed by atoms with E-state index in [1.807, 2.05) is 6.08 Å². The second-order valence-corrected chi connectivity index (χ2v) is 2.27. The van der Waals surface area contributed by atoms with Gasteiger partial charge in [0.2, 0.25) is 0 Å². The van der Waals surface area contributed by atoms with Crippen molar-refractivity contribution >= 4 is 6.09 Å². The van der Waals surface area contributed by atoms with Gasteiger partial charge in [0.25, 0.3) is 0 Å². The standard InChI is InChI=1S/C7H11NO2/c1-2-3-4-6-5-8-7(9)10-6/h2,6H,1,3-5H2,(H,8,9). The summed E-state index contributed by atoms with van der Waals surface area (Å²) in [6.07, 6.45) is 3.37. The molecule has 1 aliphatic heterocycles. The van der Waals surface area contributed by atoms with Crippen LogP contribution < -0.4 is 5.32 Å². The molecule has 56 valence electrons. The van der Waals surface area contributed by atoms with Gasteiger partial charge in [-0.15, -0.1) is 6.58 Å². The minimum Gasteiger partial charge on any atom is -0.444 e. The normalized spacial score (nSPS) is 23.6. The van der Waals surface area contributed by atoms with Gasteiger partial charge < -0.3 is 10.1 Å². The average molecular weight is 141 g/mol. The zero-order valence-electron chi connectivity index (χ0n) is 5.80. The summed E-state index contributed by atoms with van der Waals surface area (Å²) in [6, 6.07) is 0. The second kappa shape index (κ2) is 3.25. The smallest absolute Gasteiger partial charge is 0.407 e. The molecule has 1 heterocycles. The summed E-state index contributed by atoms with van der Waals surface area (Å²) in [5.41, 5.74) is 0. The molecular weight excluding hydrogens is 130 g/mol. The number of carbonyl (C=O) groups excluding carboxylic acids is 1. The summed E-state index contributed by atoms with van der Waals surface area (Å²) in [6.45, 7) is 4.23. The van der Waals surface area contributed by atoms with Gasteiger partial charge in [-0.3, -0.25) is 0 Å². The minimum absolute atomic E-state index is 0.0606. The Kier molecular flexibility index (Phi) is 2.31. The number of nitrogens with one attached hydrogen (secondary N) is 1. The number of hydrogen-bond acceptors (Lipinski definition) is 2. The van der Waals surface area contributed by atoms with Crippen molar-refractivity contribution in [1.29, 1.82) is 0 Å². The van der Waals surface area contributed by atoms with Crippen molar-refractivity contribution in [2.45, 2.75) is 18.9 Å². The van der Waals surface area contributed by atoms with E-state index in [9.17, 15) is 4.79 Å². The molecule has 0 aliphatic carbocycles. The van der Waals surface area contributed by atoms with E-state index in [2.05, 4.69) is 11.9 Å². The van der Waals surface area contributed by atoms with Gasteiger partial charge in [-0.2, -0.15) is 0 Å². The van der Waals surface area contributed by atoms with Gasteiger partial charge in [0.15, 0.2) is 0 Å². The van der Waals surface area contributed by atoms with Crippen LogP contribution in [0.25, 0.3) is 0 Å². The molecule has 3 heteroatoms. The minimum atomic E-state index is -0.297. The molecule has 0 spiro atoms. The van der Waals surface area contributed by atoms with Gasteiger partial charge in [-0.05, 0) is 12.8 Å². The number of ether oxygens (including phenoxy) is 1. The third kappa shape index (κ3) is 1.76. The van der Waals surface area contributed by atoms with E-state index in [4.69, 9.17) is 4.74 Å². The lowest BCUT2D eigenvalue weighted by atomic mass is 10.2. The Hall–Kier alpha value is -0.990. The van der Waals surface area contributed by atoms with Crippen molar-refractivity contribution in [2.75, 3.05) is 6.54 Å². The molecule has 0 saturated carbocycles. The second-order valence-electron chi connectivity index (χ2n) is 2.27. The summed E-state index contributed by atoms with van der Waals surface area (Å²) < 4.78 is 4.87. The molecule has 1 rings (SSSR count). The molecule has 1 fully saturated rings. The Labute approximate surface area is 60.1 Å². The molecule has 10 heavy (non-hydrogen) atoms. The van der Waals surface area contributed by atoms with Crippen LogP contribution in [-0.4, -0.2) is 18.7 Å². The SMILES string of the molecule is C=CCCC1CNC(=O)O1. The highest BCUT2D eigenvalue weighted by Gasteiger charge is 2.20. The highest BCUT2D eigenvalue weighted by Crippen LogP contribution is 2.06. The molecule has 1 aliphatic rings. The monoisotopic (exact) mass is 141 g/mol. The van der Waals surface area contributed by atoms with E-state index in [0.29, 0.717) is 6.54 Å². The van der Waals surface area contributed by atoms with Crippen LogP contribution in [0, 0.1) is 0 Å². The molecule has 3 nitrogen and oxygen atoms in total. The first kappa shape index (κ1) is 7.12. The number of alkyl carbamates (subject to hydrolysis) is 1. The molecule has 1 amide bonds. The van der Waals surface area contributed by atoms with E-state index >= 15 is 0 Å². The van der Waals surface area contributed by atoms with Crippen LogP contribution in [0.1, 0.15) is 12.8 Å². The van der Waals surface area contributed by atoms with Gasteiger partial charge >= 0.3 is 6.09 Å². The predicted octanol–water partition coefficient (Wildman–Crippen LogP) is 1.06. The molecule has 1 saturated heterocycles. The molecule has 1 atom stereocenters. The van der Waals surface area contributed by atoms with Crippen LogP contribution in [0.3, 0.4) is 0 Å². The molecule has 1 N–H and O–H groups in total. The molecule has 0 radical (unpaired) electrons. The third-order valence-electron chi connectivity index (χ3n) is 1.44. The first-order valence-corrected chi connectivity index (χ1v) is 3.38. The van der Waals surface area contributed by atoms with Gasteiger partial charge in [-0.1, -0.05) is 6.08 Å². The summed E-state index contributed by atoms with van der Waals surface area (Å²) >= 11 is 0. The van der Waals surface area contributed by atoms with Crippen LogP contribution in [0.15, 0.2) is 12.7 Å². The van der Waals surface area contributed by atoms with Crippen molar-refractivity contribution < 1.29 is 9.53 Å². The van der Waals surface area contributed by atoms with Gasteiger partial charge in [0.05, 0.1) is 6.54 Å². The Morgan fingerprint density at radius 2 is 2.70 bits per heavy atom. The van der Waals surface area contributed by atoms with Crippen molar-refractivity contribution in [3.63, 3.8) is 0 Å². The number of cyclic esters (lactones) is 1. The van der Waals surface area contributed by atoms with Crippen LogP contribution in [0.4, 0.5) is 4.79 Å². The Bertz CT molecular complexity index is 145. The maximum absolute atomic E-state index is 10.5. The van der Waals surface area contributed by atoms with E-state index in [0.717, 1.165) is 12.8 Å². The molecule has 0 aromatic heterocycles. The van der Waals surface area contributed by atoms with E-state index in [1.54, 1.807) is 0 Å². The Morgan fingerprint density at radius 1 is 1.90 bits per heavy atom. The lowest BCUT2D eigenvalue weighted by Crippen LogP contribution is -2.14. The molecule has 0 aromatic rings. The lowest BCUT2D eigenvalue weighted by molar-refractivity contribution is 0.136. The first-order chi connectivity index (χ1) is 4.83. The van der Waals surface area contributed by atoms with Crippen LogP contribution in [0.2, 0.25) is 0 Å². The molecular formula is C7H11NO2. The summed E-state index contributed by atoms with van der Waals surface area (Å²) in [5.74, 6) is 0. The number of amides is 1. The maximum Gasteiger partial charge on any atom is 0.407 e. The topological polar surface area (TPSA) is 38.3 Å². The maximum atomic E-state index is 10.5. The zero-order valence-corrected chi connectivity index (χ0v) is 5.80. The number of carbonyl (C=O) groups is 1. The van der Waals surface area contributed by atoms with Crippen LogP contribution in [-0.2, 0) is 4.74 Å². The average Bonchev–Trinajstić information content (AvgIpc) is 2.31. The van der Waals surface area contributed by atoms with Gasteiger partial charge in [0, 0.05) is 0 Å². The van der Waals surface area contributed by atoms with Crippen LogP contribution in [0.5, 0.6) is 0 Å². The number of allylic oxidation sites excluding steroid dienone is 1. The molecule has 0 aromatic carbocycles. The molecule has 0 bridgehead atoms. The van der Waals surface area contributed by atoms with Crippen LogP contribution >= 0.6 is 0 Å². The number of rotatable bonds is 3. The predicted molar refractivity (Wildman–Crippen MR) is 37.7 cm³/mol. The summed E-state index contributed by atoms with van der Waals surface area (Å²) in [4.78, 5) is 10.5. The Balaban J connectivity index is 2.18. The Morgan fingerprint density at radius 3 is 3.20 bits per heavy atom. The number of hydrogen-bond donors (Lipinski definition) is 1. The largest absolute Gasteiger partial charge is 0.444 e. The molecule has 1 unspecified atom stereocenters. The van der Waals surface area contributed by atoms with Crippen molar-refractivity contribution in [1.82, 2.24) is 5.32 Å². The van der Waals surface area contributed by atoms with Gasteiger partial charge in [0.1, 0.15) is 6.10 Å². The fraction of sp³-hybridized carbons (Fsp3) is 0.571. The van der Waals surface area contributed by atoms with Crippen molar-refractivity contribution in [3.05, 3.63) is 12.7 Å². The van der Waals surface area contributed by atoms with Gasteiger partial charge in [-0.25, -0.2) is 4.79 Å². The fourth-order valence-electron chi connectivity index (χ4n) is 0.897. The van der Waals surface area contributed by atoms with Crippen molar-refractivity contribution in [2.24, 2.45) is 0 Å². The first-order valence-electron chi connectivity index (χ1n) is 3.38. The highest BCUT2D eigenvalue weighted by molar-refractivity contribution is 5.69. The van der Waals surface area contributed by atoms with E-state index in [-0.39, 0.29) is 12.2 Å². The summed E-state index contributed by atoms with van der Waals surface area (Å²) in [7, 11) is 0. The lowest BCUT2D eigenvalue weighted by Gasteiger charge is -2.03. The highest BCUT2D eigenvalue weighted by atomic mass is 16.6. The zero-order chi connectivity index (χ0) is 7.40. The van der Waals surface area contributed by atoms with E-state index < -0.39 is 0 Å². The summed E-state index contributed by atoms with van der Waals surface area (Å²) in [5, 5.41) is 2.58. The quantitative estimate of drug-likeness (QED) is 0.597. The fourth-order valence-corrected chi connectivity index (χ4v) is 0.897. The van der Waals surface area contributed by atoms with Crippen molar-refractivity contribution in [3.8, 4) is 0 Å².